The Labute approximate surface area is 166 Å². The molecule has 1 saturated carbocycles. The second-order valence-corrected chi connectivity index (χ2v) is 8.33. The fraction of sp³-hybridized carbons (Fsp3) is 0.360. The van der Waals surface area contributed by atoms with E-state index in [1.54, 1.807) is 0 Å². The smallest absolute Gasteiger partial charge is 0.252 e. The number of pyridine rings is 1. The summed E-state index contributed by atoms with van der Waals surface area (Å²) in [5.74, 6) is 0.621. The normalized spacial score (nSPS) is 21.0. The minimum Gasteiger partial charge on any atom is -0.349 e. The molecule has 5 rings (SSSR count). The van der Waals surface area contributed by atoms with E-state index >= 15 is 0 Å². The third-order valence-electron chi connectivity index (χ3n) is 6.57. The maximum Gasteiger partial charge on any atom is 0.252 e. The average Bonchev–Trinajstić information content (AvgIpc) is 2.73. The lowest BCUT2D eigenvalue weighted by Gasteiger charge is -2.30. The highest BCUT2D eigenvalue weighted by Gasteiger charge is 2.28. The van der Waals surface area contributed by atoms with Gasteiger partial charge in [0.1, 0.15) is 0 Å². The van der Waals surface area contributed by atoms with E-state index in [1.807, 2.05) is 24.3 Å². The van der Waals surface area contributed by atoms with E-state index < -0.39 is 0 Å². The molecule has 2 aliphatic carbocycles. The first-order valence-corrected chi connectivity index (χ1v) is 10.5. The van der Waals surface area contributed by atoms with Gasteiger partial charge in [0, 0.05) is 17.0 Å². The van der Waals surface area contributed by atoms with E-state index in [0.717, 1.165) is 47.0 Å². The number of hydrogen-bond donors (Lipinski definition) is 1. The van der Waals surface area contributed by atoms with Crippen molar-refractivity contribution < 1.29 is 4.79 Å². The number of carbonyl (C=O) groups excluding carboxylic acids is 1. The summed E-state index contributed by atoms with van der Waals surface area (Å²) in [6.07, 6.45) is 6.60. The predicted octanol–water partition coefficient (Wildman–Crippen LogP) is 5.31. The number of rotatable bonds is 2. The first kappa shape index (κ1) is 17.4. The lowest BCUT2D eigenvalue weighted by Crippen LogP contribution is -2.41. The standard InChI is InChI=1S/C25H26N2O/c1-16-8-2-6-12-21(16)27-25(28)23-19-11-5-7-13-22(19)26-24-18-10-4-3-9-17(18)14-15-20(23)24/h3-5,7,9-11,13,16,21H,2,6,8,12,14-15H2,1H3,(H,27,28)/t16-,21-/m0/s1. The zero-order chi connectivity index (χ0) is 19.1. The molecule has 3 heteroatoms. The Morgan fingerprint density at radius 3 is 2.68 bits per heavy atom. The molecule has 142 valence electrons. The monoisotopic (exact) mass is 370 g/mol. The molecule has 28 heavy (non-hydrogen) atoms. The molecule has 2 aliphatic rings. The van der Waals surface area contributed by atoms with E-state index in [4.69, 9.17) is 4.98 Å². The van der Waals surface area contributed by atoms with Crippen LogP contribution in [0.1, 0.15) is 54.1 Å². The molecule has 1 aromatic heterocycles. The molecule has 3 nitrogen and oxygen atoms in total. The third-order valence-corrected chi connectivity index (χ3v) is 6.57. The number of nitrogens with one attached hydrogen (secondary N) is 1. The maximum absolute atomic E-state index is 13.5. The van der Waals surface area contributed by atoms with Gasteiger partial charge in [-0.3, -0.25) is 4.79 Å². The van der Waals surface area contributed by atoms with Gasteiger partial charge in [0.05, 0.1) is 16.8 Å². The van der Waals surface area contributed by atoms with E-state index in [0.29, 0.717) is 5.92 Å². The Kier molecular flexibility index (Phi) is 4.38. The number of para-hydroxylation sites is 1. The number of fused-ring (bicyclic) bond motifs is 4. The van der Waals surface area contributed by atoms with Crippen LogP contribution in [0.5, 0.6) is 0 Å². The molecule has 0 bridgehead atoms. The highest BCUT2D eigenvalue weighted by Crippen LogP contribution is 2.37. The number of amides is 1. The van der Waals surface area contributed by atoms with Crippen LogP contribution in [0.15, 0.2) is 48.5 Å². The van der Waals surface area contributed by atoms with Gasteiger partial charge in [0.2, 0.25) is 0 Å². The molecule has 0 radical (unpaired) electrons. The third kappa shape index (κ3) is 2.90. The summed E-state index contributed by atoms with van der Waals surface area (Å²) in [6, 6.07) is 16.8. The van der Waals surface area contributed by atoms with Crippen molar-refractivity contribution in [1.82, 2.24) is 10.3 Å². The lowest BCUT2D eigenvalue weighted by molar-refractivity contribution is 0.0911. The van der Waals surface area contributed by atoms with Gasteiger partial charge in [0.25, 0.3) is 5.91 Å². The van der Waals surface area contributed by atoms with Gasteiger partial charge < -0.3 is 5.32 Å². The van der Waals surface area contributed by atoms with Crippen molar-refractivity contribution in [3.05, 3.63) is 65.2 Å². The Morgan fingerprint density at radius 1 is 1.00 bits per heavy atom. The van der Waals surface area contributed by atoms with Gasteiger partial charge in [-0.15, -0.1) is 0 Å². The molecule has 1 N–H and O–H groups in total. The minimum atomic E-state index is 0.0768. The largest absolute Gasteiger partial charge is 0.349 e. The number of nitrogens with zero attached hydrogens (tertiary/aromatic N) is 1. The topological polar surface area (TPSA) is 42.0 Å². The second kappa shape index (κ2) is 7.05. The molecule has 1 heterocycles. The van der Waals surface area contributed by atoms with Crippen LogP contribution in [0.3, 0.4) is 0 Å². The van der Waals surface area contributed by atoms with Crippen molar-refractivity contribution in [2.24, 2.45) is 5.92 Å². The molecule has 1 fully saturated rings. The predicted molar refractivity (Wildman–Crippen MR) is 113 cm³/mol. The van der Waals surface area contributed by atoms with E-state index in [1.165, 1.54) is 30.4 Å². The van der Waals surface area contributed by atoms with Gasteiger partial charge in [-0.2, -0.15) is 0 Å². The summed E-state index contributed by atoms with van der Waals surface area (Å²) in [4.78, 5) is 18.5. The van der Waals surface area contributed by atoms with E-state index in [9.17, 15) is 4.79 Å². The van der Waals surface area contributed by atoms with Crippen molar-refractivity contribution in [2.75, 3.05) is 0 Å². The first-order valence-electron chi connectivity index (χ1n) is 10.5. The van der Waals surface area contributed by atoms with Gasteiger partial charge in [-0.05, 0) is 48.8 Å². The molecule has 0 aliphatic heterocycles. The van der Waals surface area contributed by atoms with Crippen LogP contribution in [0.25, 0.3) is 22.2 Å². The number of aromatic nitrogens is 1. The summed E-state index contributed by atoms with van der Waals surface area (Å²) < 4.78 is 0. The van der Waals surface area contributed by atoms with Gasteiger partial charge in [-0.25, -0.2) is 4.98 Å². The fourth-order valence-corrected chi connectivity index (χ4v) is 4.98. The summed E-state index contributed by atoms with van der Waals surface area (Å²) in [7, 11) is 0. The highest BCUT2D eigenvalue weighted by molar-refractivity contribution is 6.09. The summed E-state index contributed by atoms with van der Waals surface area (Å²) in [5, 5.41) is 4.36. The van der Waals surface area contributed by atoms with Crippen molar-refractivity contribution in [1.29, 1.82) is 0 Å². The number of aryl methyl sites for hydroxylation is 1. The zero-order valence-electron chi connectivity index (χ0n) is 16.4. The van der Waals surface area contributed by atoms with Crippen molar-refractivity contribution in [3.63, 3.8) is 0 Å². The number of hydrogen-bond acceptors (Lipinski definition) is 2. The van der Waals surface area contributed by atoms with Gasteiger partial charge in [0.15, 0.2) is 0 Å². The van der Waals surface area contributed by atoms with Crippen LogP contribution in [-0.2, 0) is 12.8 Å². The Balaban J connectivity index is 1.65. The molecule has 2 aromatic carbocycles. The highest BCUT2D eigenvalue weighted by atomic mass is 16.1. The van der Waals surface area contributed by atoms with Crippen molar-refractivity contribution in [2.45, 2.75) is 51.5 Å². The van der Waals surface area contributed by atoms with Gasteiger partial charge in [-0.1, -0.05) is 62.2 Å². The first-order chi connectivity index (χ1) is 13.7. The van der Waals surface area contributed by atoms with Crippen LogP contribution in [0.4, 0.5) is 0 Å². The number of benzene rings is 2. The molecule has 0 spiro atoms. The van der Waals surface area contributed by atoms with Crippen molar-refractivity contribution in [3.8, 4) is 11.3 Å². The number of carbonyl (C=O) groups is 1. The van der Waals surface area contributed by atoms with Crippen LogP contribution >= 0.6 is 0 Å². The lowest BCUT2D eigenvalue weighted by atomic mass is 9.83. The Hall–Kier alpha value is -2.68. The maximum atomic E-state index is 13.5. The zero-order valence-corrected chi connectivity index (χ0v) is 16.4. The van der Waals surface area contributed by atoms with E-state index in [-0.39, 0.29) is 11.9 Å². The van der Waals surface area contributed by atoms with Crippen LogP contribution in [0, 0.1) is 5.92 Å². The molecule has 1 amide bonds. The summed E-state index contributed by atoms with van der Waals surface area (Å²) in [5.41, 5.74) is 6.34. The molecule has 3 aromatic rings. The molecular formula is C25H26N2O. The van der Waals surface area contributed by atoms with Crippen molar-refractivity contribution >= 4 is 16.8 Å². The molecule has 0 saturated heterocycles. The van der Waals surface area contributed by atoms with Gasteiger partial charge >= 0.3 is 0 Å². The molecular weight excluding hydrogens is 344 g/mol. The summed E-state index contributed by atoms with van der Waals surface area (Å²) in [6.45, 7) is 2.26. The molecule has 0 unspecified atom stereocenters. The second-order valence-electron chi connectivity index (χ2n) is 8.33. The SMILES string of the molecule is C[C@H]1CCCC[C@@H]1NC(=O)c1c2c(nc3ccccc13)-c1ccccc1CC2. The Morgan fingerprint density at radius 2 is 1.79 bits per heavy atom. The molecule has 2 atom stereocenters. The Bertz CT molecular complexity index is 1060. The summed E-state index contributed by atoms with van der Waals surface area (Å²) >= 11 is 0. The average molecular weight is 370 g/mol. The van der Waals surface area contributed by atoms with E-state index in [2.05, 4.69) is 36.5 Å². The van der Waals surface area contributed by atoms with Crippen LogP contribution in [-0.4, -0.2) is 16.9 Å². The minimum absolute atomic E-state index is 0.0768. The fourth-order valence-electron chi connectivity index (χ4n) is 4.98. The quantitative estimate of drug-likeness (QED) is 0.664. The van der Waals surface area contributed by atoms with Crippen LogP contribution < -0.4 is 5.32 Å². The van der Waals surface area contributed by atoms with Crippen LogP contribution in [0.2, 0.25) is 0 Å².